The number of ether oxygens (including phenoxy) is 1. The van der Waals surface area contributed by atoms with Gasteiger partial charge in [-0.3, -0.25) is 9.59 Å². The largest absolute Gasteiger partial charge is 0.573 e. The van der Waals surface area contributed by atoms with Crippen molar-refractivity contribution in [1.29, 1.82) is 0 Å². The Labute approximate surface area is 254 Å². The van der Waals surface area contributed by atoms with Crippen molar-refractivity contribution >= 4 is 28.5 Å². The van der Waals surface area contributed by atoms with Crippen molar-refractivity contribution in [3.8, 4) is 0 Å². The molecule has 1 aromatic heterocycles. The minimum Gasteiger partial charge on any atom is -0.481 e. The van der Waals surface area contributed by atoms with E-state index in [1.165, 1.54) is 25.1 Å². The van der Waals surface area contributed by atoms with Crippen LogP contribution in [0.2, 0.25) is 0 Å². The van der Waals surface area contributed by atoms with Gasteiger partial charge in [0, 0.05) is 28.7 Å². The highest BCUT2D eigenvalue weighted by atomic mass is 19.4. The lowest BCUT2D eigenvalue weighted by molar-refractivity contribution is -0.303. The molecular formula is C32H28F6N2O5. The van der Waals surface area contributed by atoms with E-state index in [0.717, 1.165) is 12.2 Å². The molecule has 13 heteroatoms. The van der Waals surface area contributed by atoms with E-state index in [4.69, 9.17) is 9.52 Å². The van der Waals surface area contributed by atoms with Crippen LogP contribution in [0.1, 0.15) is 66.4 Å². The predicted octanol–water partition coefficient (Wildman–Crippen LogP) is 7.68. The maximum Gasteiger partial charge on any atom is 0.573 e. The van der Waals surface area contributed by atoms with Crippen molar-refractivity contribution in [2.75, 3.05) is 6.54 Å². The quantitative estimate of drug-likeness (QED) is 0.135. The smallest absolute Gasteiger partial charge is 0.481 e. The Morgan fingerprint density at radius 3 is 2.38 bits per heavy atom. The Balaban J connectivity index is 1.64. The standard InChI is InChI=1S/C32H28F6N2O5/c1-3-24(45-32(36,37)38)10-4-19(2)29-40-25-18-23(9-11-26(25)44-29)30(15-12-22(13-16-30)31(33,34)35)21-7-5-20(6-8-21)28(43)39-17-14-27(41)42/h3-8,10,18,22H,2,12-17H2,1H3,(H,39,43)(H,41,42)/b10-4-,24-3+. The zero-order valence-electron chi connectivity index (χ0n) is 23.9. The summed E-state index contributed by atoms with van der Waals surface area (Å²) in [6, 6.07) is 13.9. The third-order valence-electron chi connectivity index (χ3n) is 7.63. The van der Waals surface area contributed by atoms with Gasteiger partial charge in [-0.1, -0.05) is 24.8 Å². The van der Waals surface area contributed by atoms with E-state index >= 15 is 0 Å². The van der Waals surface area contributed by atoms with Crippen LogP contribution in [0, 0.1) is 18.1 Å². The number of halogens is 6. The lowest BCUT2D eigenvalue weighted by atomic mass is 9.63. The first-order valence-corrected chi connectivity index (χ1v) is 13.8. The number of allylic oxidation sites excluding steroid dienone is 4. The van der Waals surface area contributed by atoms with E-state index in [-0.39, 0.29) is 66.8 Å². The summed E-state index contributed by atoms with van der Waals surface area (Å²) in [6.45, 7) is 5.08. The molecule has 0 spiro atoms. The Hall–Kier alpha value is -4.73. The van der Waals surface area contributed by atoms with E-state index < -0.39 is 41.5 Å². The van der Waals surface area contributed by atoms with E-state index in [1.807, 2.05) is 0 Å². The minimum absolute atomic E-state index is 0.0152. The number of aliphatic carboxylic acids is 1. The van der Waals surface area contributed by atoms with Crippen LogP contribution in [0.15, 0.2) is 65.3 Å². The Kier molecular flexibility index (Phi) is 9.65. The lowest BCUT2D eigenvalue weighted by Gasteiger charge is -2.41. The van der Waals surface area contributed by atoms with Gasteiger partial charge in [-0.25, -0.2) is 4.98 Å². The second-order valence-corrected chi connectivity index (χ2v) is 10.5. The first kappa shape index (κ1) is 33.2. The second-order valence-electron chi connectivity index (χ2n) is 10.5. The monoisotopic (exact) mass is 634 g/mol. The van der Waals surface area contributed by atoms with Crippen molar-refractivity contribution in [3.63, 3.8) is 0 Å². The van der Waals surface area contributed by atoms with Crippen LogP contribution in [-0.2, 0) is 14.9 Å². The number of nitrogens with one attached hydrogen (secondary N) is 1. The number of alkyl halides is 6. The van der Waals surface area contributed by atoms with Crippen LogP contribution in [-0.4, -0.2) is 41.1 Å². The fourth-order valence-electron chi connectivity index (χ4n) is 5.27. The predicted molar refractivity (Wildman–Crippen MR) is 151 cm³/mol. The Morgan fingerprint density at radius 1 is 1.13 bits per heavy atom. The number of benzene rings is 1. The fraction of sp³-hybridized carbons (Fsp3) is 0.344. The molecule has 45 heavy (non-hydrogen) atoms. The molecule has 0 bridgehead atoms. The Bertz CT molecular complexity index is 1610. The van der Waals surface area contributed by atoms with Gasteiger partial charge in [-0.15, -0.1) is 13.2 Å². The average Bonchev–Trinajstić information content (AvgIpc) is 3.42. The zero-order chi connectivity index (χ0) is 33.0. The summed E-state index contributed by atoms with van der Waals surface area (Å²) in [5.41, 5.74) is 1.05. The average molecular weight is 635 g/mol. The van der Waals surface area contributed by atoms with Crippen LogP contribution in [0.4, 0.5) is 26.3 Å². The molecule has 2 aromatic carbocycles. The van der Waals surface area contributed by atoms with Crippen molar-refractivity contribution in [2.24, 2.45) is 5.92 Å². The van der Waals surface area contributed by atoms with E-state index in [2.05, 4.69) is 33.7 Å². The molecule has 1 saturated carbocycles. The van der Waals surface area contributed by atoms with Crippen LogP contribution in [0.3, 0.4) is 0 Å². The molecule has 1 fully saturated rings. The maximum absolute atomic E-state index is 13.6. The number of hydrogen-bond donors (Lipinski definition) is 2. The summed E-state index contributed by atoms with van der Waals surface area (Å²) in [7, 11) is 0. The van der Waals surface area contributed by atoms with Gasteiger partial charge in [0.2, 0.25) is 11.5 Å². The first-order valence-electron chi connectivity index (χ1n) is 13.8. The third kappa shape index (κ3) is 8.06. The van der Waals surface area contributed by atoms with Gasteiger partial charge in [0.1, 0.15) is 11.3 Å². The number of amides is 1. The number of oxazole rings is 1. The van der Waals surface area contributed by atoms with Gasteiger partial charge in [0.15, 0.2) is 0 Å². The molecule has 0 saturated heterocycles. The molecule has 1 aliphatic carbocycles. The van der Waals surface area contributed by atoms with Crippen LogP contribution in [0.25, 0.3) is 16.7 Å². The highest BCUT2D eigenvalue weighted by Gasteiger charge is 2.47. The maximum atomic E-state index is 13.6. The van der Waals surface area contributed by atoms with Gasteiger partial charge in [-0.2, -0.15) is 13.2 Å². The molecule has 1 heterocycles. The highest BCUT2D eigenvalue weighted by molar-refractivity contribution is 5.94. The number of carbonyl (C=O) groups excluding carboxylic acids is 1. The normalized spacial score (nSPS) is 19.4. The molecule has 1 amide bonds. The zero-order valence-corrected chi connectivity index (χ0v) is 23.9. The van der Waals surface area contributed by atoms with Gasteiger partial charge in [0.05, 0.1) is 12.3 Å². The molecule has 2 N–H and O–H groups in total. The molecule has 0 atom stereocenters. The van der Waals surface area contributed by atoms with Crippen molar-refractivity contribution in [1.82, 2.24) is 10.3 Å². The van der Waals surface area contributed by atoms with Gasteiger partial charge in [0.25, 0.3) is 5.91 Å². The summed E-state index contributed by atoms with van der Waals surface area (Å²) < 4.78 is 88.1. The third-order valence-corrected chi connectivity index (χ3v) is 7.63. The van der Waals surface area contributed by atoms with Crippen molar-refractivity contribution in [3.05, 3.63) is 95.6 Å². The lowest BCUT2D eigenvalue weighted by Crippen LogP contribution is -2.37. The van der Waals surface area contributed by atoms with Crippen molar-refractivity contribution in [2.45, 2.75) is 57.0 Å². The number of nitrogens with zero attached hydrogens (tertiary/aromatic N) is 1. The molecule has 238 valence electrons. The highest BCUT2D eigenvalue weighted by Crippen LogP contribution is 2.50. The van der Waals surface area contributed by atoms with Crippen LogP contribution < -0.4 is 5.32 Å². The van der Waals surface area contributed by atoms with E-state index in [1.54, 1.807) is 18.2 Å². The molecule has 0 radical (unpaired) electrons. The van der Waals surface area contributed by atoms with Gasteiger partial charge < -0.3 is 19.6 Å². The molecule has 4 rings (SSSR count). The number of carboxylic acids is 1. The molecular weight excluding hydrogens is 606 g/mol. The molecule has 7 nitrogen and oxygen atoms in total. The Morgan fingerprint density at radius 2 is 1.80 bits per heavy atom. The number of hydrogen-bond acceptors (Lipinski definition) is 5. The fourth-order valence-corrected chi connectivity index (χ4v) is 5.27. The van der Waals surface area contributed by atoms with E-state index in [9.17, 15) is 35.9 Å². The summed E-state index contributed by atoms with van der Waals surface area (Å²) in [5, 5.41) is 11.3. The first-order chi connectivity index (χ1) is 21.1. The number of fused-ring (bicyclic) bond motifs is 1. The molecule has 0 unspecified atom stereocenters. The molecule has 1 aliphatic rings. The van der Waals surface area contributed by atoms with Gasteiger partial charge in [-0.05, 0) is 80.7 Å². The second kappa shape index (κ2) is 13.1. The summed E-state index contributed by atoms with van der Waals surface area (Å²) >= 11 is 0. The van der Waals surface area contributed by atoms with Crippen LogP contribution in [0.5, 0.6) is 0 Å². The topological polar surface area (TPSA) is 102 Å². The molecule has 3 aromatic rings. The SMILES string of the molecule is C=C(/C=C\C(=C/C)OC(F)(F)F)c1nc2cc(C3(c4ccc(C(=O)NCCC(=O)O)cc4)CCC(C(F)(F)F)CC3)c#cc2o1. The minimum atomic E-state index is -4.88. The summed E-state index contributed by atoms with van der Waals surface area (Å²) in [4.78, 5) is 27.6. The van der Waals surface area contributed by atoms with E-state index in [0.29, 0.717) is 11.1 Å². The van der Waals surface area contributed by atoms with Gasteiger partial charge >= 0.3 is 18.5 Å². The summed E-state index contributed by atoms with van der Waals surface area (Å²) in [5.74, 6) is -3.52. The number of aromatic nitrogens is 1. The van der Waals surface area contributed by atoms with Crippen LogP contribution >= 0.6 is 0 Å². The molecule has 0 aliphatic heterocycles. The van der Waals surface area contributed by atoms with Crippen molar-refractivity contribution < 1.29 is 50.2 Å². The summed E-state index contributed by atoms with van der Waals surface area (Å²) in [6.07, 6.45) is -6.15. The number of carboxylic acid groups (broad SMARTS) is 1. The number of carbonyl (C=O) groups is 2. The number of rotatable bonds is 10.